The summed E-state index contributed by atoms with van der Waals surface area (Å²) in [6, 6.07) is 5.94. The Labute approximate surface area is 115 Å². The van der Waals surface area contributed by atoms with Crippen LogP contribution in [-0.2, 0) is 12.8 Å². The van der Waals surface area contributed by atoms with Gasteiger partial charge in [0.15, 0.2) is 0 Å². The molecule has 2 N–H and O–H groups in total. The Morgan fingerprint density at radius 2 is 1.95 bits per heavy atom. The van der Waals surface area contributed by atoms with Crippen LogP contribution in [0.5, 0.6) is 0 Å². The van der Waals surface area contributed by atoms with Gasteiger partial charge in [-0.3, -0.25) is 4.79 Å². The molecule has 0 aliphatic heterocycles. The van der Waals surface area contributed by atoms with E-state index < -0.39 is 5.60 Å². The van der Waals surface area contributed by atoms with Gasteiger partial charge in [0, 0.05) is 12.1 Å². The Bertz CT molecular complexity index is 464. The van der Waals surface area contributed by atoms with Gasteiger partial charge in [-0.05, 0) is 55.4 Å². The molecule has 0 radical (unpaired) electrons. The molecule has 0 unspecified atom stereocenters. The van der Waals surface area contributed by atoms with E-state index in [1.54, 1.807) is 0 Å². The van der Waals surface area contributed by atoms with E-state index >= 15 is 0 Å². The number of carbonyl (C=O) groups excluding carboxylic acids is 1. The van der Waals surface area contributed by atoms with Crippen molar-refractivity contribution in [3.05, 3.63) is 34.9 Å². The topological polar surface area (TPSA) is 49.3 Å². The quantitative estimate of drug-likeness (QED) is 0.855. The molecule has 0 fully saturated rings. The molecular weight excluding hydrogens is 238 g/mol. The summed E-state index contributed by atoms with van der Waals surface area (Å²) >= 11 is 0. The van der Waals surface area contributed by atoms with Crippen LogP contribution >= 0.6 is 0 Å². The summed E-state index contributed by atoms with van der Waals surface area (Å²) in [6.45, 7) is 4.19. The zero-order valence-corrected chi connectivity index (χ0v) is 11.8. The van der Waals surface area contributed by atoms with Crippen molar-refractivity contribution in [2.75, 3.05) is 6.54 Å². The highest BCUT2D eigenvalue weighted by molar-refractivity contribution is 5.94. The molecule has 3 heteroatoms. The van der Waals surface area contributed by atoms with Crippen molar-refractivity contribution in [3.8, 4) is 0 Å². The van der Waals surface area contributed by atoms with Crippen molar-refractivity contribution in [3.63, 3.8) is 0 Å². The molecule has 2 rings (SSSR count). The number of benzene rings is 1. The Morgan fingerprint density at radius 3 is 2.63 bits per heavy atom. The highest BCUT2D eigenvalue weighted by Gasteiger charge is 2.23. The van der Waals surface area contributed by atoms with Crippen molar-refractivity contribution in [1.82, 2.24) is 5.32 Å². The van der Waals surface area contributed by atoms with Gasteiger partial charge in [0.2, 0.25) is 0 Å². The Balaban J connectivity index is 2.00. The van der Waals surface area contributed by atoms with Gasteiger partial charge in [-0.2, -0.15) is 0 Å². The standard InChI is InChI=1S/C16H23NO2/c1-3-16(19,4-2)11-17-15(18)14-9-8-12-6-5-7-13(12)10-14/h8-10,19H,3-7,11H2,1-2H3,(H,17,18). The molecule has 1 aromatic carbocycles. The summed E-state index contributed by atoms with van der Waals surface area (Å²) in [4.78, 5) is 12.1. The summed E-state index contributed by atoms with van der Waals surface area (Å²) in [6.07, 6.45) is 4.68. The van der Waals surface area contributed by atoms with Gasteiger partial charge in [-0.1, -0.05) is 19.9 Å². The molecule has 1 amide bonds. The van der Waals surface area contributed by atoms with Crippen LogP contribution in [0.4, 0.5) is 0 Å². The Kier molecular flexibility index (Phi) is 4.25. The van der Waals surface area contributed by atoms with Crippen LogP contribution in [0.25, 0.3) is 0 Å². The predicted octanol–water partition coefficient (Wildman–Crippen LogP) is 2.46. The van der Waals surface area contributed by atoms with E-state index in [1.165, 1.54) is 17.5 Å². The van der Waals surface area contributed by atoms with E-state index in [2.05, 4.69) is 11.4 Å². The molecule has 0 saturated heterocycles. The summed E-state index contributed by atoms with van der Waals surface area (Å²) in [5.74, 6) is -0.0879. The molecule has 0 heterocycles. The first kappa shape index (κ1) is 14.1. The van der Waals surface area contributed by atoms with Gasteiger partial charge >= 0.3 is 0 Å². The van der Waals surface area contributed by atoms with E-state index in [1.807, 2.05) is 26.0 Å². The third-order valence-electron chi connectivity index (χ3n) is 4.25. The Morgan fingerprint density at radius 1 is 1.26 bits per heavy atom. The van der Waals surface area contributed by atoms with Crippen LogP contribution in [0.2, 0.25) is 0 Å². The minimum Gasteiger partial charge on any atom is -0.388 e. The zero-order valence-electron chi connectivity index (χ0n) is 11.8. The lowest BCUT2D eigenvalue weighted by Gasteiger charge is -2.25. The second-order valence-corrected chi connectivity index (χ2v) is 5.45. The molecule has 1 aliphatic carbocycles. The maximum absolute atomic E-state index is 12.1. The van der Waals surface area contributed by atoms with Crippen LogP contribution in [0.15, 0.2) is 18.2 Å². The fraction of sp³-hybridized carbons (Fsp3) is 0.562. The minimum absolute atomic E-state index is 0.0879. The number of rotatable bonds is 5. The lowest BCUT2D eigenvalue weighted by atomic mass is 9.97. The molecule has 0 aromatic heterocycles. The van der Waals surface area contributed by atoms with Crippen LogP contribution < -0.4 is 5.32 Å². The van der Waals surface area contributed by atoms with Gasteiger partial charge < -0.3 is 10.4 Å². The normalized spacial score (nSPS) is 14.3. The molecule has 1 aromatic rings. The van der Waals surface area contributed by atoms with Crippen molar-refractivity contribution in [2.45, 2.75) is 51.6 Å². The van der Waals surface area contributed by atoms with Gasteiger partial charge in [0.05, 0.1) is 5.60 Å². The average molecular weight is 261 g/mol. The third kappa shape index (κ3) is 3.16. The van der Waals surface area contributed by atoms with Gasteiger partial charge in [-0.25, -0.2) is 0 Å². The third-order valence-corrected chi connectivity index (χ3v) is 4.25. The first-order valence-corrected chi connectivity index (χ1v) is 7.20. The molecule has 1 aliphatic rings. The number of aryl methyl sites for hydroxylation is 2. The summed E-state index contributed by atoms with van der Waals surface area (Å²) < 4.78 is 0. The maximum atomic E-state index is 12.1. The van der Waals surface area contributed by atoms with E-state index in [4.69, 9.17) is 0 Å². The van der Waals surface area contributed by atoms with E-state index in [0.29, 0.717) is 24.9 Å². The zero-order chi connectivity index (χ0) is 13.9. The van der Waals surface area contributed by atoms with E-state index in [0.717, 1.165) is 12.8 Å². The SMILES string of the molecule is CCC(O)(CC)CNC(=O)c1ccc2c(c1)CCC2. The molecular formula is C16H23NO2. The van der Waals surface area contributed by atoms with Crippen molar-refractivity contribution in [1.29, 1.82) is 0 Å². The number of nitrogens with one attached hydrogen (secondary N) is 1. The van der Waals surface area contributed by atoms with Crippen LogP contribution in [0.1, 0.15) is 54.6 Å². The van der Waals surface area contributed by atoms with Gasteiger partial charge in [0.1, 0.15) is 0 Å². The maximum Gasteiger partial charge on any atom is 0.251 e. The van der Waals surface area contributed by atoms with E-state index in [9.17, 15) is 9.90 Å². The van der Waals surface area contributed by atoms with Crippen LogP contribution in [-0.4, -0.2) is 23.2 Å². The lowest BCUT2D eigenvalue weighted by Crippen LogP contribution is -2.42. The summed E-state index contributed by atoms with van der Waals surface area (Å²) in [7, 11) is 0. The summed E-state index contributed by atoms with van der Waals surface area (Å²) in [5.41, 5.74) is 2.59. The second-order valence-electron chi connectivity index (χ2n) is 5.45. The van der Waals surface area contributed by atoms with E-state index in [-0.39, 0.29) is 5.91 Å². The van der Waals surface area contributed by atoms with Crippen molar-refractivity contribution < 1.29 is 9.90 Å². The molecule has 0 saturated carbocycles. The number of hydrogen-bond acceptors (Lipinski definition) is 2. The highest BCUT2D eigenvalue weighted by atomic mass is 16.3. The molecule has 19 heavy (non-hydrogen) atoms. The molecule has 0 bridgehead atoms. The van der Waals surface area contributed by atoms with Crippen LogP contribution in [0, 0.1) is 0 Å². The largest absolute Gasteiger partial charge is 0.388 e. The first-order chi connectivity index (χ1) is 9.08. The van der Waals surface area contributed by atoms with Crippen LogP contribution in [0.3, 0.4) is 0 Å². The lowest BCUT2D eigenvalue weighted by molar-refractivity contribution is 0.0314. The number of hydrogen-bond donors (Lipinski definition) is 2. The summed E-state index contributed by atoms with van der Waals surface area (Å²) in [5, 5.41) is 13.0. The smallest absolute Gasteiger partial charge is 0.251 e. The molecule has 0 spiro atoms. The predicted molar refractivity (Wildman–Crippen MR) is 76.3 cm³/mol. The van der Waals surface area contributed by atoms with Gasteiger partial charge in [0.25, 0.3) is 5.91 Å². The first-order valence-electron chi connectivity index (χ1n) is 7.20. The molecule has 0 atom stereocenters. The Hall–Kier alpha value is -1.35. The average Bonchev–Trinajstić information content (AvgIpc) is 2.91. The fourth-order valence-corrected chi connectivity index (χ4v) is 2.56. The number of aliphatic hydroxyl groups is 1. The molecule has 104 valence electrons. The van der Waals surface area contributed by atoms with Gasteiger partial charge in [-0.15, -0.1) is 0 Å². The number of fused-ring (bicyclic) bond motifs is 1. The minimum atomic E-state index is -0.785. The van der Waals surface area contributed by atoms with Crippen molar-refractivity contribution >= 4 is 5.91 Å². The highest BCUT2D eigenvalue weighted by Crippen LogP contribution is 2.23. The molecule has 3 nitrogen and oxygen atoms in total. The number of carbonyl (C=O) groups is 1. The second kappa shape index (κ2) is 5.74. The number of amides is 1. The fourth-order valence-electron chi connectivity index (χ4n) is 2.56. The monoisotopic (exact) mass is 261 g/mol. The van der Waals surface area contributed by atoms with Crippen molar-refractivity contribution in [2.24, 2.45) is 0 Å².